The highest BCUT2D eigenvalue weighted by atomic mass is 16.3. The number of allylic oxidation sites excluding steroid dienone is 4. The maximum absolute atomic E-state index is 12.4. The number of aliphatic hydroxyl groups excluding tert-OH is 2. The Hall–Kier alpha value is -3.28. The number of benzene rings is 1. The van der Waals surface area contributed by atoms with Crippen molar-refractivity contribution in [1.29, 1.82) is 0 Å². The molecule has 0 radical (unpaired) electrons. The Kier molecular flexibility index (Phi) is 3.33. The number of hydrogen-bond acceptors (Lipinski definition) is 6. The number of aliphatic hydroxyl groups is 2. The van der Waals surface area contributed by atoms with Crippen molar-refractivity contribution in [1.82, 2.24) is 0 Å². The third kappa shape index (κ3) is 1.89. The Balaban J connectivity index is 2.37. The van der Waals surface area contributed by atoms with Crippen molar-refractivity contribution in [2.75, 3.05) is 0 Å². The van der Waals surface area contributed by atoms with Crippen LogP contribution in [0.2, 0.25) is 0 Å². The highest BCUT2D eigenvalue weighted by Gasteiger charge is 2.42. The first-order valence-corrected chi connectivity index (χ1v) is 7.09. The van der Waals surface area contributed by atoms with Gasteiger partial charge in [0, 0.05) is 16.7 Å². The molecule has 0 aromatic heterocycles. The fraction of sp³-hybridized carbons (Fsp3) is 0.111. The molecule has 6 heteroatoms. The molecule has 0 spiro atoms. The van der Waals surface area contributed by atoms with Crippen LogP contribution in [0.25, 0.3) is 5.76 Å². The van der Waals surface area contributed by atoms with Gasteiger partial charge in [0.05, 0.1) is 11.1 Å². The standard InChI is InChI=1S/C18H12O6/c1-7-8(2)14(20)17(23)11(13(7)19)12-15(21)9-5-3-4-6-10(9)16(22)18(12)24/h3-6,19,21H,1-2H3. The molecule has 0 saturated carbocycles. The van der Waals surface area contributed by atoms with E-state index in [2.05, 4.69) is 0 Å². The summed E-state index contributed by atoms with van der Waals surface area (Å²) in [5.74, 6) is -5.26. The number of carbonyl (C=O) groups excluding carboxylic acids is 4. The first kappa shape index (κ1) is 15.6. The summed E-state index contributed by atoms with van der Waals surface area (Å²) in [4.78, 5) is 49.0. The highest BCUT2D eigenvalue weighted by Crippen LogP contribution is 2.36. The van der Waals surface area contributed by atoms with Crippen molar-refractivity contribution in [2.45, 2.75) is 13.8 Å². The molecule has 3 rings (SSSR count). The average Bonchev–Trinajstić information content (AvgIpc) is 2.59. The molecule has 2 aliphatic carbocycles. The van der Waals surface area contributed by atoms with Crippen LogP contribution in [0.4, 0.5) is 0 Å². The van der Waals surface area contributed by atoms with Gasteiger partial charge in [0.25, 0.3) is 0 Å². The lowest BCUT2D eigenvalue weighted by Gasteiger charge is -2.22. The summed E-state index contributed by atoms with van der Waals surface area (Å²) in [5, 5.41) is 20.7. The molecule has 0 atom stereocenters. The van der Waals surface area contributed by atoms with E-state index in [0.717, 1.165) is 0 Å². The van der Waals surface area contributed by atoms with Crippen LogP contribution in [0.3, 0.4) is 0 Å². The van der Waals surface area contributed by atoms with Crippen LogP contribution >= 0.6 is 0 Å². The average molecular weight is 324 g/mol. The summed E-state index contributed by atoms with van der Waals surface area (Å²) in [5.41, 5.74) is -1.02. The molecule has 0 amide bonds. The largest absolute Gasteiger partial charge is 0.507 e. The zero-order chi connectivity index (χ0) is 17.8. The van der Waals surface area contributed by atoms with Gasteiger partial charge in [0.2, 0.25) is 23.1 Å². The fourth-order valence-corrected chi connectivity index (χ4v) is 2.76. The van der Waals surface area contributed by atoms with E-state index in [9.17, 15) is 29.4 Å². The van der Waals surface area contributed by atoms with Crippen molar-refractivity contribution in [3.8, 4) is 0 Å². The molecule has 120 valence electrons. The molecule has 6 nitrogen and oxygen atoms in total. The molecule has 2 aliphatic rings. The van der Waals surface area contributed by atoms with Crippen molar-refractivity contribution >= 4 is 28.9 Å². The lowest BCUT2D eigenvalue weighted by Crippen LogP contribution is -2.32. The third-order valence-corrected chi connectivity index (χ3v) is 4.28. The van der Waals surface area contributed by atoms with E-state index in [1.807, 2.05) is 0 Å². The summed E-state index contributed by atoms with van der Waals surface area (Å²) >= 11 is 0. The molecule has 0 bridgehead atoms. The van der Waals surface area contributed by atoms with E-state index >= 15 is 0 Å². The van der Waals surface area contributed by atoms with Crippen LogP contribution in [-0.4, -0.2) is 33.3 Å². The van der Waals surface area contributed by atoms with Crippen LogP contribution in [0, 0.1) is 0 Å². The minimum absolute atomic E-state index is 0.00173. The van der Waals surface area contributed by atoms with E-state index in [-0.39, 0.29) is 22.3 Å². The van der Waals surface area contributed by atoms with Gasteiger partial charge in [0.1, 0.15) is 11.5 Å². The Labute approximate surface area is 136 Å². The first-order valence-electron chi connectivity index (χ1n) is 7.09. The predicted octanol–water partition coefficient (Wildman–Crippen LogP) is 2.02. The predicted molar refractivity (Wildman–Crippen MR) is 83.4 cm³/mol. The fourth-order valence-electron chi connectivity index (χ4n) is 2.76. The molecule has 0 aliphatic heterocycles. The zero-order valence-corrected chi connectivity index (χ0v) is 12.8. The molecule has 1 aromatic carbocycles. The molecule has 0 heterocycles. The summed E-state index contributed by atoms with van der Waals surface area (Å²) in [6, 6.07) is 5.87. The second-order valence-electron chi connectivity index (χ2n) is 5.56. The van der Waals surface area contributed by atoms with Gasteiger partial charge in [-0.15, -0.1) is 0 Å². The minimum atomic E-state index is -1.14. The molecule has 2 N–H and O–H groups in total. The van der Waals surface area contributed by atoms with Gasteiger partial charge in [-0.3, -0.25) is 19.2 Å². The smallest absolute Gasteiger partial charge is 0.238 e. The van der Waals surface area contributed by atoms with Crippen LogP contribution in [-0.2, 0) is 14.4 Å². The van der Waals surface area contributed by atoms with Gasteiger partial charge < -0.3 is 10.2 Å². The van der Waals surface area contributed by atoms with Gasteiger partial charge in [-0.25, -0.2) is 0 Å². The summed E-state index contributed by atoms with van der Waals surface area (Å²) in [7, 11) is 0. The van der Waals surface area contributed by atoms with Gasteiger partial charge in [-0.05, 0) is 19.4 Å². The SMILES string of the molecule is CC1=C(C)C(O)=C(C2=C(O)c3ccccc3C(=O)C2=O)C(=O)C1=O. The maximum Gasteiger partial charge on any atom is 0.238 e. The third-order valence-electron chi connectivity index (χ3n) is 4.28. The minimum Gasteiger partial charge on any atom is -0.507 e. The molecule has 0 saturated heterocycles. The zero-order valence-electron chi connectivity index (χ0n) is 12.8. The first-order chi connectivity index (χ1) is 11.3. The topological polar surface area (TPSA) is 109 Å². The van der Waals surface area contributed by atoms with Crippen LogP contribution < -0.4 is 0 Å². The summed E-state index contributed by atoms with van der Waals surface area (Å²) < 4.78 is 0. The second kappa shape index (κ2) is 5.13. The number of fused-ring (bicyclic) bond motifs is 1. The molecule has 0 unspecified atom stereocenters. The Morgan fingerprint density at radius 3 is 1.75 bits per heavy atom. The quantitative estimate of drug-likeness (QED) is 0.604. The van der Waals surface area contributed by atoms with E-state index in [1.165, 1.54) is 32.0 Å². The van der Waals surface area contributed by atoms with Crippen LogP contribution in [0.1, 0.15) is 29.8 Å². The van der Waals surface area contributed by atoms with Crippen molar-refractivity contribution in [2.24, 2.45) is 0 Å². The van der Waals surface area contributed by atoms with E-state index in [0.29, 0.717) is 0 Å². The van der Waals surface area contributed by atoms with Gasteiger partial charge in [0.15, 0.2) is 0 Å². The van der Waals surface area contributed by atoms with E-state index < -0.39 is 45.8 Å². The number of ketones is 4. The van der Waals surface area contributed by atoms with Crippen LogP contribution in [0.5, 0.6) is 0 Å². The molecule has 24 heavy (non-hydrogen) atoms. The maximum atomic E-state index is 12.4. The molecule has 0 fully saturated rings. The number of Topliss-reactive ketones (excluding diaryl/α,β-unsaturated/α-hetero) is 4. The lowest BCUT2D eigenvalue weighted by molar-refractivity contribution is -0.132. The Bertz CT molecular complexity index is 955. The van der Waals surface area contributed by atoms with Gasteiger partial charge >= 0.3 is 0 Å². The number of carbonyl (C=O) groups is 4. The number of hydrogen-bond donors (Lipinski definition) is 2. The van der Waals surface area contributed by atoms with E-state index in [1.54, 1.807) is 6.07 Å². The summed E-state index contributed by atoms with van der Waals surface area (Å²) in [6.45, 7) is 2.79. The van der Waals surface area contributed by atoms with Crippen molar-refractivity contribution in [3.63, 3.8) is 0 Å². The van der Waals surface area contributed by atoms with Gasteiger partial charge in [-0.1, -0.05) is 24.3 Å². The van der Waals surface area contributed by atoms with Gasteiger partial charge in [-0.2, -0.15) is 0 Å². The highest BCUT2D eigenvalue weighted by molar-refractivity contribution is 6.58. The van der Waals surface area contributed by atoms with E-state index in [4.69, 9.17) is 0 Å². The Morgan fingerprint density at radius 2 is 1.12 bits per heavy atom. The Morgan fingerprint density at radius 1 is 0.625 bits per heavy atom. The molecular weight excluding hydrogens is 312 g/mol. The van der Waals surface area contributed by atoms with Crippen molar-refractivity contribution in [3.05, 3.63) is 63.4 Å². The lowest BCUT2D eigenvalue weighted by atomic mass is 9.79. The molecular formula is C18H12O6. The second-order valence-corrected chi connectivity index (χ2v) is 5.56. The van der Waals surface area contributed by atoms with Crippen LogP contribution in [0.15, 0.2) is 52.3 Å². The number of rotatable bonds is 1. The normalized spacial score (nSPS) is 18.6. The monoisotopic (exact) mass is 324 g/mol. The van der Waals surface area contributed by atoms with Crippen molar-refractivity contribution < 1.29 is 29.4 Å². The molecule has 1 aromatic rings. The summed E-state index contributed by atoms with van der Waals surface area (Å²) in [6.07, 6.45) is 0.